The van der Waals surface area contributed by atoms with Crippen LogP contribution in [0.1, 0.15) is 24.2 Å². The Balaban J connectivity index is 2.66. The molecule has 0 saturated carbocycles. The number of allylic oxidation sites excluding steroid dienone is 1. The molecule has 1 aromatic rings. The molecule has 15 heavy (non-hydrogen) atoms. The predicted octanol–water partition coefficient (Wildman–Crippen LogP) is 2.84. The molecule has 80 valence electrons. The van der Waals surface area contributed by atoms with Crippen LogP contribution in [0.4, 0.5) is 0 Å². The van der Waals surface area contributed by atoms with Gasteiger partial charge in [0.2, 0.25) is 0 Å². The van der Waals surface area contributed by atoms with E-state index in [4.69, 9.17) is 5.11 Å². The van der Waals surface area contributed by atoms with Crippen molar-refractivity contribution < 1.29 is 9.90 Å². The zero-order chi connectivity index (χ0) is 11.3. The van der Waals surface area contributed by atoms with Crippen molar-refractivity contribution in [2.75, 3.05) is 5.75 Å². The van der Waals surface area contributed by atoms with E-state index in [1.165, 1.54) is 29.6 Å². The molecule has 4 heteroatoms. The van der Waals surface area contributed by atoms with Crippen molar-refractivity contribution in [2.24, 2.45) is 0 Å². The van der Waals surface area contributed by atoms with Crippen molar-refractivity contribution in [3.63, 3.8) is 0 Å². The maximum atomic E-state index is 10.7. The third-order valence-corrected chi connectivity index (χ3v) is 2.56. The van der Waals surface area contributed by atoms with Gasteiger partial charge in [-0.2, -0.15) is 0 Å². The van der Waals surface area contributed by atoms with Gasteiger partial charge < -0.3 is 5.11 Å². The van der Waals surface area contributed by atoms with Crippen molar-refractivity contribution >= 4 is 17.7 Å². The predicted molar refractivity (Wildman–Crippen MR) is 61.4 cm³/mol. The van der Waals surface area contributed by atoms with Crippen LogP contribution in [0.25, 0.3) is 0 Å². The molecular formula is C11H13NO2S. The summed E-state index contributed by atoms with van der Waals surface area (Å²) in [7, 11) is 0. The van der Waals surface area contributed by atoms with E-state index in [-0.39, 0.29) is 5.56 Å². The number of carboxylic acid groups (broad SMARTS) is 1. The first-order chi connectivity index (χ1) is 7.09. The molecule has 0 amide bonds. The first-order valence-electron chi connectivity index (χ1n) is 4.55. The zero-order valence-corrected chi connectivity index (χ0v) is 9.54. The average molecular weight is 223 g/mol. The van der Waals surface area contributed by atoms with Gasteiger partial charge in [0.15, 0.2) is 0 Å². The van der Waals surface area contributed by atoms with E-state index in [0.29, 0.717) is 0 Å². The van der Waals surface area contributed by atoms with Crippen LogP contribution in [0.15, 0.2) is 35.0 Å². The molecule has 0 radical (unpaired) electrons. The number of pyridine rings is 1. The van der Waals surface area contributed by atoms with Crippen LogP contribution >= 0.6 is 11.8 Å². The van der Waals surface area contributed by atoms with E-state index in [1.807, 2.05) is 13.8 Å². The Morgan fingerprint density at radius 3 is 2.93 bits per heavy atom. The van der Waals surface area contributed by atoms with E-state index in [0.717, 1.165) is 10.8 Å². The van der Waals surface area contributed by atoms with Crippen LogP contribution < -0.4 is 0 Å². The molecule has 0 saturated heterocycles. The second-order valence-corrected chi connectivity index (χ2v) is 4.32. The Kier molecular flexibility index (Phi) is 4.37. The third-order valence-electron chi connectivity index (χ3n) is 1.70. The lowest BCUT2D eigenvalue weighted by atomic mass is 10.3. The number of nitrogens with zero attached hydrogens (tertiary/aromatic N) is 1. The molecule has 0 unspecified atom stereocenters. The molecule has 1 heterocycles. The zero-order valence-electron chi connectivity index (χ0n) is 8.73. The standard InChI is InChI=1S/C11H13NO2S/c1-8(2)4-6-15-10-7-9(11(13)14)3-5-12-10/h3-5,7H,6H2,1-2H3,(H,13,14). The summed E-state index contributed by atoms with van der Waals surface area (Å²) >= 11 is 1.53. The van der Waals surface area contributed by atoms with Crippen LogP contribution in [-0.2, 0) is 0 Å². The van der Waals surface area contributed by atoms with E-state index in [9.17, 15) is 4.79 Å². The maximum Gasteiger partial charge on any atom is 0.335 e. The smallest absolute Gasteiger partial charge is 0.335 e. The highest BCUT2D eigenvalue weighted by molar-refractivity contribution is 7.99. The quantitative estimate of drug-likeness (QED) is 0.630. The lowest BCUT2D eigenvalue weighted by molar-refractivity contribution is 0.0696. The minimum atomic E-state index is -0.915. The fourth-order valence-electron chi connectivity index (χ4n) is 0.915. The summed E-state index contributed by atoms with van der Waals surface area (Å²) in [5, 5.41) is 9.52. The first-order valence-corrected chi connectivity index (χ1v) is 5.53. The first kappa shape index (κ1) is 11.8. The monoisotopic (exact) mass is 223 g/mol. The van der Waals surface area contributed by atoms with Gasteiger partial charge in [-0.15, -0.1) is 11.8 Å². The lowest BCUT2D eigenvalue weighted by Crippen LogP contribution is -1.96. The molecule has 0 aliphatic heterocycles. The molecule has 1 rings (SSSR count). The Labute approximate surface area is 93.2 Å². The summed E-state index contributed by atoms with van der Waals surface area (Å²) in [6, 6.07) is 3.08. The maximum absolute atomic E-state index is 10.7. The van der Waals surface area contributed by atoms with Crippen LogP contribution in [0.3, 0.4) is 0 Å². The summed E-state index contributed by atoms with van der Waals surface area (Å²) in [6.45, 7) is 4.06. The molecule has 0 bridgehead atoms. The van der Waals surface area contributed by atoms with Gasteiger partial charge in [0.05, 0.1) is 10.6 Å². The second kappa shape index (κ2) is 5.56. The minimum Gasteiger partial charge on any atom is -0.478 e. The van der Waals surface area contributed by atoms with E-state index < -0.39 is 5.97 Å². The Bertz CT molecular complexity index is 384. The van der Waals surface area contributed by atoms with Gasteiger partial charge in [0.25, 0.3) is 0 Å². The molecule has 0 atom stereocenters. The molecule has 0 fully saturated rings. The van der Waals surface area contributed by atoms with Gasteiger partial charge >= 0.3 is 5.97 Å². The van der Waals surface area contributed by atoms with Crippen molar-refractivity contribution in [3.05, 3.63) is 35.5 Å². The fraction of sp³-hybridized carbons (Fsp3) is 0.273. The third kappa shape index (κ3) is 4.16. The van der Waals surface area contributed by atoms with Gasteiger partial charge in [-0.25, -0.2) is 9.78 Å². The van der Waals surface area contributed by atoms with Gasteiger partial charge in [0.1, 0.15) is 0 Å². The van der Waals surface area contributed by atoms with Gasteiger partial charge in [-0.3, -0.25) is 0 Å². The highest BCUT2D eigenvalue weighted by Crippen LogP contribution is 2.16. The van der Waals surface area contributed by atoms with Crippen LogP contribution in [0.2, 0.25) is 0 Å². The number of hydrogen-bond acceptors (Lipinski definition) is 3. The number of rotatable bonds is 4. The van der Waals surface area contributed by atoms with Crippen LogP contribution in [0, 0.1) is 0 Å². The number of thioether (sulfide) groups is 1. The molecule has 0 aromatic carbocycles. The van der Waals surface area contributed by atoms with Gasteiger partial charge in [0, 0.05) is 11.9 Å². The van der Waals surface area contributed by atoms with Gasteiger partial charge in [-0.1, -0.05) is 11.6 Å². The van der Waals surface area contributed by atoms with E-state index in [2.05, 4.69) is 11.1 Å². The largest absolute Gasteiger partial charge is 0.478 e. The highest BCUT2D eigenvalue weighted by Gasteiger charge is 2.03. The summed E-state index contributed by atoms with van der Waals surface area (Å²) in [5.41, 5.74) is 1.53. The molecule has 0 spiro atoms. The number of carbonyl (C=O) groups is 1. The topological polar surface area (TPSA) is 50.2 Å². The van der Waals surface area contributed by atoms with E-state index >= 15 is 0 Å². The average Bonchev–Trinajstić information content (AvgIpc) is 2.17. The molecule has 0 aliphatic carbocycles. The number of hydrogen-bond donors (Lipinski definition) is 1. The van der Waals surface area contributed by atoms with Crippen molar-refractivity contribution in [1.29, 1.82) is 0 Å². The summed E-state index contributed by atoms with van der Waals surface area (Å²) in [4.78, 5) is 14.8. The molecule has 3 nitrogen and oxygen atoms in total. The lowest BCUT2D eigenvalue weighted by Gasteiger charge is -1.99. The molecular weight excluding hydrogens is 210 g/mol. The molecule has 0 aliphatic rings. The molecule has 1 aromatic heterocycles. The summed E-state index contributed by atoms with van der Waals surface area (Å²) in [5.74, 6) is -0.0974. The Morgan fingerprint density at radius 2 is 2.33 bits per heavy atom. The second-order valence-electron chi connectivity index (χ2n) is 3.28. The van der Waals surface area contributed by atoms with Crippen molar-refractivity contribution in [3.8, 4) is 0 Å². The SMILES string of the molecule is CC(C)=CCSc1cc(C(=O)O)ccn1. The normalized spacial score (nSPS) is 9.73. The van der Waals surface area contributed by atoms with Crippen molar-refractivity contribution in [2.45, 2.75) is 18.9 Å². The Morgan fingerprint density at radius 1 is 1.60 bits per heavy atom. The summed E-state index contributed by atoms with van der Waals surface area (Å²) in [6.07, 6.45) is 3.61. The Hall–Kier alpha value is -1.29. The van der Waals surface area contributed by atoms with Crippen molar-refractivity contribution in [1.82, 2.24) is 4.98 Å². The number of aromatic carboxylic acids is 1. The minimum absolute atomic E-state index is 0.282. The van der Waals surface area contributed by atoms with Crippen LogP contribution in [-0.4, -0.2) is 21.8 Å². The molecule has 1 N–H and O–H groups in total. The van der Waals surface area contributed by atoms with E-state index in [1.54, 1.807) is 6.07 Å². The number of aromatic nitrogens is 1. The summed E-state index contributed by atoms with van der Waals surface area (Å²) < 4.78 is 0. The number of carboxylic acids is 1. The van der Waals surface area contributed by atoms with Gasteiger partial charge in [-0.05, 0) is 26.0 Å². The highest BCUT2D eigenvalue weighted by atomic mass is 32.2. The van der Waals surface area contributed by atoms with Crippen LogP contribution in [0.5, 0.6) is 0 Å². The fourth-order valence-corrected chi connectivity index (χ4v) is 1.85.